The number of nitrogens with zero attached hydrogens (tertiary/aromatic N) is 2. The molecule has 0 fully saturated rings. The van der Waals surface area contributed by atoms with Gasteiger partial charge in [0.25, 0.3) is 0 Å². The summed E-state index contributed by atoms with van der Waals surface area (Å²) in [5, 5.41) is 11.0. The smallest absolute Gasteiger partial charge is 0.137 e. The molecule has 24 heavy (non-hydrogen) atoms. The molecule has 4 nitrogen and oxygen atoms in total. The van der Waals surface area contributed by atoms with Gasteiger partial charge in [-0.25, -0.2) is 4.98 Å². The number of rotatable bonds is 3. The number of benzene rings is 2. The molecule has 1 aromatic heterocycles. The lowest BCUT2D eigenvalue weighted by Crippen LogP contribution is -1.94. The van der Waals surface area contributed by atoms with Crippen molar-refractivity contribution in [2.75, 3.05) is 7.11 Å². The Bertz CT molecular complexity index is 935. The number of nitriles is 1. The first-order valence-corrected chi connectivity index (χ1v) is 7.68. The van der Waals surface area contributed by atoms with Gasteiger partial charge < -0.3 is 10.9 Å². The topological polar surface area (TPSA) is 80.9 Å². The van der Waals surface area contributed by atoms with Crippen LogP contribution in [0.15, 0.2) is 42.5 Å². The van der Waals surface area contributed by atoms with Crippen molar-refractivity contribution in [3.05, 3.63) is 69.3 Å². The minimum Gasteiger partial charge on any atom is -0.495 e. The van der Waals surface area contributed by atoms with Crippen LogP contribution in [-0.4, -0.2) is 12.1 Å². The quantitative estimate of drug-likeness (QED) is 0.653. The monoisotopic (exact) mass is 359 g/mol. The summed E-state index contributed by atoms with van der Waals surface area (Å²) in [5.41, 5.74) is 3.39. The predicted octanol–water partition coefficient (Wildman–Crippen LogP) is 5.17. The molecule has 0 saturated heterocycles. The molecule has 1 heterocycles. The van der Waals surface area contributed by atoms with E-state index < -0.39 is 0 Å². The number of methoxy groups -OCH3 is 1. The zero-order valence-corrected chi connectivity index (χ0v) is 14.5. The highest BCUT2D eigenvalue weighted by Gasteiger charge is 2.09. The lowest BCUT2D eigenvalue weighted by atomic mass is 10.00. The van der Waals surface area contributed by atoms with Gasteiger partial charge in [-0.05, 0) is 53.9 Å². The summed E-state index contributed by atoms with van der Waals surface area (Å²) in [5.74, 6) is 0.639. The number of hydrogen-bond acceptors (Lipinski definition) is 4. The van der Waals surface area contributed by atoms with Crippen LogP contribution in [0.3, 0.4) is 0 Å². The maximum atomic E-state index is 9.10. The first kappa shape index (κ1) is 18.0. The van der Waals surface area contributed by atoms with E-state index in [1.807, 2.05) is 36.4 Å². The van der Waals surface area contributed by atoms with Crippen molar-refractivity contribution in [2.24, 2.45) is 0 Å². The summed E-state index contributed by atoms with van der Waals surface area (Å²) < 4.78 is 5.17. The highest BCUT2D eigenvalue weighted by Crippen LogP contribution is 2.28. The standard InChI is InChI=1S/C18H12Cl2N2O.H3N/c1-23-17-5-3-11(8-15(17)19)6-13-9-18(20)22-16-4-2-12(10-21)7-14(13)16;/h2-5,7-9H,6H2,1H3;1H3. The van der Waals surface area contributed by atoms with Crippen LogP contribution in [0.25, 0.3) is 10.9 Å². The molecule has 6 heteroatoms. The molecule has 0 aliphatic heterocycles. The molecule has 0 spiro atoms. The van der Waals surface area contributed by atoms with E-state index in [4.69, 9.17) is 33.2 Å². The van der Waals surface area contributed by atoms with Crippen LogP contribution in [0.4, 0.5) is 0 Å². The first-order chi connectivity index (χ1) is 11.1. The fourth-order valence-corrected chi connectivity index (χ4v) is 3.02. The van der Waals surface area contributed by atoms with Crippen LogP contribution in [0.1, 0.15) is 16.7 Å². The van der Waals surface area contributed by atoms with Crippen molar-refractivity contribution >= 4 is 34.1 Å². The molecule has 0 aliphatic carbocycles. The predicted molar refractivity (Wildman–Crippen MR) is 97.3 cm³/mol. The van der Waals surface area contributed by atoms with Gasteiger partial charge in [0.15, 0.2) is 0 Å². The molecule has 3 N–H and O–H groups in total. The van der Waals surface area contributed by atoms with E-state index in [0.29, 0.717) is 27.9 Å². The average Bonchev–Trinajstić information content (AvgIpc) is 2.54. The van der Waals surface area contributed by atoms with Gasteiger partial charge in [-0.3, -0.25) is 0 Å². The summed E-state index contributed by atoms with van der Waals surface area (Å²) in [6, 6.07) is 15.0. The van der Waals surface area contributed by atoms with E-state index in [9.17, 15) is 0 Å². The Morgan fingerprint density at radius 1 is 1.12 bits per heavy atom. The summed E-state index contributed by atoms with van der Waals surface area (Å²) in [6.45, 7) is 0. The summed E-state index contributed by atoms with van der Waals surface area (Å²) in [7, 11) is 1.58. The van der Waals surface area contributed by atoms with E-state index in [-0.39, 0.29) is 6.15 Å². The molecule has 0 unspecified atom stereocenters. The fraction of sp³-hybridized carbons (Fsp3) is 0.111. The van der Waals surface area contributed by atoms with Crippen molar-refractivity contribution in [1.82, 2.24) is 11.1 Å². The fourth-order valence-electron chi connectivity index (χ4n) is 2.52. The van der Waals surface area contributed by atoms with E-state index >= 15 is 0 Å². The molecule has 0 amide bonds. The van der Waals surface area contributed by atoms with Gasteiger partial charge in [-0.1, -0.05) is 29.3 Å². The summed E-state index contributed by atoms with van der Waals surface area (Å²) in [4.78, 5) is 4.31. The van der Waals surface area contributed by atoms with Gasteiger partial charge in [0.05, 0.1) is 29.3 Å². The molecule has 3 aromatic rings. The molecule has 0 radical (unpaired) electrons. The maximum absolute atomic E-state index is 9.10. The van der Waals surface area contributed by atoms with Gasteiger partial charge >= 0.3 is 0 Å². The molecule has 3 rings (SSSR count). The Hall–Kier alpha value is -2.32. The SMILES string of the molecule is COc1ccc(Cc2cc(Cl)nc3ccc(C#N)cc23)cc1Cl.N. The second kappa shape index (κ2) is 7.50. The normalized spacial score (nSPS) is 10.1. The Morgan fingerprint density at radius 3 is 2.58 bits per heavy atom. The van der Waals surface area contributed by atoms with Crippen LogP contribution in [-0.2, 0) is 6.42 Å². The summed E-state index contributed by atoms with van der Waals surface area (Å²) >= 11 is 12.3. The van der Waals surface area contributed by atoms with E-state index in [2.05, 4.69) is 11.1 Å². The third kappa shape index (κ3) is 3.60. The lowest BCUT2D eigenvalue weighted by molar-refractivity contribution is 0.415. The van der Waals surface area contributed by atoms with Crippen molar-refractivity contribution in [1.29, 1.82) is 5.26 Å². The van der Waals surface area contributed by atoms with Crippen molar-refractivity contribution < 1.29 is 4.74 Å². The molecular weight excluding hydrogens is 345 g/mol. The van der Waals surface area contributed by atoms with E-state index in [1.54, 1.807) is 13.2 Å². The Balaban J connectivity index is 0.00000208. The molecule has 0 bridgehead atoms. The molecular formula is C18H15Cl2N3O. The van der Waals surface area contributed by atoms with E-state index in [0.717, 1.165) is 22.0 Å². The third-order valence-corrected chi connectivity index (χ3v) is 4.09. The van der Waals surface area contributed by atoms with Crippen molar-refractivity contribution in [3.8, 4) is 11.8 Å². The molecule has 0 saturated carbocycles. The van der Waals surface area contributed by atoms with Gasteiger partial charge in [0.1, 0.15) is 10.9 Å². The Labute approximate surface area is 150 Å². The molecule has 0 atom stereocenters. The number of pyridine rings is 1. The highest BCUT2D eigenvalue weighted by atomic mass is 35.5. The van der Waals surface area contributed by atoms with Crippen molar-refractivity contribution in [2.45, 2.75) is 6.42 Å². The van der Waals surface area contributed by atoms with Gasteiger partial charge in [-0.2, -0.15) is 5.26 Å². The minimum absolute atomic E-state index is 0. The number of aromatic nitrogens is 1. The molecule has 2 aromatic carbocycles. The number of hydrogen-bond donors (Lipinski definition) is 1. The number of fused-ring (bicyclic) bond motifs is 1. The van der Waals surface area contributed by atoms with Crippen LogP contribution < -0.4 is 10.9 Å². The second-order valence-corrected chi connectivity index (χ2v) is 5.89. The highest BCUT2D eigenvalue weighted by molar-refractivity contribution is 6.32. The number of ether oxygens (including phenoxy) is 1. The Morgan fingerprint density at radius 2 is 1.92 bits per heavy atom. The molecule has 122 valence electrons. The zero-order chi connectivity index (χ0) is 16.4. The maximum Gasteiger partial charge on any atom is 0.137 e. The van der Waals surface area contributed by atoms with Gasteiger partial charge in [-0.15, -0.1) is 0 Å². The second-order valence-electron chi connectivity index (χ2n) is 5.09. The van der Waals surface area contributed by atoms with E-state index in [1.165, 1.54) is 0 Å². The third-order valence-electron chi connectivity index (χ3n) is 3.60. The van der Waals surface area contributed by atoms with Crippen LogP contribution in [0.5, 0.6) is 5.75 Å². The van der Waals surface area contributed by atoms with Crippen molar-refractivity contribution in [3.63, 3.8) is 0 Å². The average molecular weight is 360 g/mol. The lowest BCUT2D eigenvalue weighted by Gasteiger charge is -2.09. The summed E-state index contributed by atoms with van der Waals surface area (Å²) in [6.07, 6.45) is 0.636. The van der Waals surface area contributed by atoms with Gasteiger partial charge in [0, 0.05) is 5.39 Å². The first-order valence-electron chi connectivity index (χ1n) is 6.92. The minimum atomic E-state index is 0. The van der Waals surface area contributed by atoms with Crippen LogP contribution in [0, 0.1) is 11.3 Å². The zero-order valence-electron chi connectivity index (χ0n) is 13.0. The van der Waals surface area contributed by atoms with Gasteiger partial charge in [0.2, 0.25) is 0 Å². The molecule has 0 aliphatic rings. The van der Waals surface area contributed by atoms with Crippen LogP contribution >= 0.6 is 23.2 Å². The van der Waals surface area contributed by atoms with Crippen LogP contribution in [0.2, 0.25) is 10.2 Å². The largest absolute Gasteiger partial charge is 0.495 e. The Kier molecular flexibility index (Phi) is 5.63. The number of halogens is 2.